The number of unbranched alkanes of at least 4 members (excludes halogenated alkanes) is 7. The zero-order chi connectivity index (χ0) is 14.0. The van der Waals surface area contributed by atoms with Crippen molar-refractivity contribution < 1.29 is 5.11 Å². The number of hydrogen-bond donors (Lipinski definition) is 1. The number of piperidine rings is 1. The number of nitrogens with zero attached hydrogens (tertiary/aromatic N) is 1. The number of aliphatic hydroxyl groups is 1. The minimum absolute atomic E-state index is 0.339. The van der Waals surface area contributed by atoms with Crippen molar-refractivity contribution in [3.8, 4) is 0 Å². The Bertz CT molecular complexity index is 209. The van der Waals surface area contributed by atoms with Gasteiger partial charge in [0.05, 0.1) is 5.60 Å². The number of hydrogen-bond acceptors (Lipinski definition) is 2. The molecule has 0 bridgehead atoms. The van der Waals surface area contributed by atoms with Crippen LogP contribution in [0, 0.1) is 0 Å². The Kier molecular flexibility index (Phi) is 8.72. The molecule has 114 valence electrons. The third kappa shape index (κ3) is 7.31. The van der Waals surface area contributed by atoms with Gasteiger partial charge in [0, 0.05) is 13.1 Å². The molecule has 2 nitrogen and oxygen atoms in total. The van der Waals surface area contributed by atoms with Crippen LogP contribution >= 0.6 is 0 Å². The van der Waals surface area contributed by atoms with Crippen molar-refractivity contribution >= 4 is 0 Å². The van der Waals surface area contributed by atoms with Crippen LogP contribution in [0.5, 0.6) is 0 Å². The summed E-state index contributed by atoms with van der Waals surface area (Å²) in [4.78, 5) is 2.45. The standard InChI is InChI=1S/C17H35NO/c1-3-5-6-7-8-9-10-11-12-17(19)13-15-18(4-2)16-14-17/h19H,3-16H2,1-2H3. The molecular weight excluding hydrogens is 234 g/mol. The molecule has 0 aromatic carbocycles. The van der Waals surface area contributed by atoms with E-state index in [1.54, 1.807) is 0 Å². The van der Waals surface area contributed by atoms with Gasteiger partial charge < -0.3 is 10.0 Å². The molecule has 0 aliphatic carbocycles. The zero-order valence-corrected chi connectivity index (χ0v) is 13.3. The van der Waals surface area contributed by atoms with Crippen LogP contribution in [0.15, 0.2) is 0 Å². The highest BCUT2D eigenvalue weighted by Gasteiger charge is 2.30. The lowest BCUT2D eigenvalue weighted by Gasteiger charge is -2.37. The highest BCUT2D eigenvalue weighted by molar-refractivity contribution is 4.85. The summed E-state index contributed by atoms with van der Waals surface area (Å²) in [7, 11) is 0. The van der Waals surface area contributed by atoms with E-state index >= 15 is 0 Å². The topological polar surface area (TPSA) is 23.5 Å². The van der Waals surface area contributed by atoms with Crippen LogP contribution in [0.2, 0.25) is 0 Å². The Morgan fingerprint density at radius 1 is 0.842 bits per heavy atom. The molecule has 0 amide bonds. The highest BCUT2D eigenvalue weighted by atomic mass is 16.3. The van der Waals surface area contributed by atoms with Crippen LogP contribution in [-0.4, -0.2) is 35.2 Å². The minimum atomic E-state index is -0.339. The van der Waals surface area contributed by atoms with Crippen LogP contribution in [0.25, 0.3) is 0 Å². The van der Waals surface area contributed by atoms with Crippen LogP contribution in [0.3, 0.4) is 0 Å². The Hall–Kier alpha value is -0.0800. The van der Waals surface area contributed by atoms with Crippen molar-refractivity contribution in [3.05, 3.63) is 0 Å². The summed E-state index contributed by atoms with van der Waals surface area (Å²) in [6, 6.07) is 0. The molecule has 0 radical (unpaired) electrons. The van der Waals surface area contributed by atoms with Crippen molar-refractivity contribution in [1.82, 2.24) is 4.90 Å². The molecule has 0 saturated carbocycles. The Labute approximate surface area is 120 Å². The van der Waals surface area contributed by atoms with E-state index in [-0.39, 0.29) is 5.60 Å². The fraction of sp³-hybridized carbons (Fsp3) is 1.00. The number of likely N-dealkylation sites (tertiary alicyclic amines) is 1. The second-order valence-electron chi connectivity index (χ2n) is 6.38. The third-order valence-corrected chi connectivity index (χ3v) is 4.73. The molecular formula is C17H35NO. The van der Waals surface area contributed by atoms with Crippen molar-refractivity contribution in [2.75, 3.05) is 19.6 Å². The molecule has 0 aromatic rings. The molecule has 1 heterocycles. The van der Waals surface area contributed by atoms with E-state index in [2.05, 4.69) is 18.7 Å². The fourth-order valence-corrected chi connectivity index (χ4v) is 3.12. The molecule has 1 aliphatic rings. The summed E-state index contributed by atoms with van der Waals surface area (Å²) in [5.41, 5.74) is -0.339. The highest BCUT2D eigenvalue weighted by Crippen LogP contribution is 2.27. The van der Waals surface area contributed by atoms with Crippen LogP contribution in [0.4, 0.5) is 0 Å². The van der Waals surface area contributed by atoms with Gasteiger partial charge in [-0.1, -0.05) is 65.2 Å². The van der Waals surface area contributed by atoms with Crippen LogP contribution < -0.4 is 0 Å². The Morgan fingerprint density at radius 3 is 1.89 bits per heavy atom. The Balaban J connectivity index is 1.97. The lowest BCUT2D eigenvalue weighted by molar-refractivity contribution is -0.0281. The minimum Gasteiger partial charge on any atom is -0.390 e. The van der Waals surface area contributed by atoms with E-state index in [1.807, 2.05) is 0 Å². The van der Waals surface area contributed by atoms with Crippen molar-refractivity contribution in [2.24, 2.45) is 0 Å². The van der Waals surface area contributed by atoms with E-state index in [0.29, 0.717) is 0 Å². The van der Waals surface area contributed by atoms with E-state index in [4.69, 9.17) is 0 Å². The van der Waals surface area contributed by atoms with Gasteiger partial charge in [0.1, 0.15) is 0 Å². The van der Waals surface area contributed by atoms with Crippen molar-refractivity contribution in [3.63, 3.8) is 0 Å². The summed E-state index contributed by atoms with van der Waals surface area (Å²) >= 11 is 0. The monoisotopic (exact) mass is 269 g/mol. The molecule has 0 unspecified atom stereocenters. The number of rotatable bonds is 10. The van der Waals surface area contributed by atoms with Gasteiger partial charge in [-0.15, -0.1) is 0 Å². The molecule has 19 heavy (non-hydrogen) atoms. The third-order valence-electron chi connectivity index (χ3n) is 4.73. The largest absolute Gasteiger partial charge is 0.390 e. The molecule has 1 fully saturated rings. The van der Waals surface area contributed by atoms with Crippen molar-refractivity contribution in [2.45, 2.75) is 90.1 Å². The van der Waals surface area contributed by atoms with Crippen LogP contribution in [0.1, 0.15) is 84.5 Å². The van der Waals surface area contributed by atoms with Gasteiger partial charge in [0.15, 0.2) is 0 Å². The van der Waals surface area contributed by atoms with Gasteiger partial charge in [-0.2, -0.15) is 0 Å². The fourth-order valence-electron chi connectivity index (χ4n) is 3.12. The maximum Gasteiger partial charge on any atom is 0.0672 e. The van der Waals surface area contributed by atoms with Gasteiger partial charge in [-0.3, -0.25) is 0 Å². The van der Waals surface area contributed by atoms with Gasteiger partial charge in [-0.25, -0.2) is 0 Å². The zero-order valence-electron chi connectivity index (χ0n) is 13.3. The summed E-state index contributed by atoms with van der Waals surface area (Å²) in [5.74, 6) is 0. The average Bonchev–Trinajstić information content (AvgIpc) is 2.43. The predicted molar refractivity (Wildman–Crippen MR) is 83.5 cm³/mol. The maximum absolute atomic E-state index is 10.5. The first-order chi connectivity index (χ1) is 9.20. The molecule has 1 aliphatic heterocycles. The van der Waals surface area contributed by atoms with E-state index in [9.17, 15) is 5.11 Å². The van der Waals surface area contributed by atoms with Gasteiger partial charge in [0.25, 0.3) is 0 Å². The van der Waals surface area contributed by atoms with Gasteiger partial charge >= 0.3 is 0 Å². The SMILES string of the molecule is CCCCCCCCCCC1(O)CCN(CC)CC1. The Morgan fingerprint density at radius 2 is 1.37 bits per heavy atom. The molecule has 2 heteroatoms. The molecule has 0 atom stereocenters. The average molecular weight is 269 g/mol. The first-order valence-electron chi connectivity index (χ1n) is 8.65. The quantitative estimate of drug-likeness (QED) is 0.595. The van der Waals surface area contributed by atoms with E-state index in [1.165, 1.54) is 51.4 Å². The lowest BCUT2D eigenvalue weighted by atomic mass is 9.86. The molecule has 0 aromatic heterocycles. The van der Waals surface area contributed by atoms with Crippen LogP contribution in [-0.2, 0) is 0 Å². The summed E-state index contributed by atoms with van der Waals surface area (Å²) < 4.78 is 0. The smallest absolute Gasteiger partial charge is 0.0672 e. The predicted octanol–water partition coefficient (Wildman–Crippen LogP) is 4.36. The second kappa shape index (κ2) is 9.77. The maximum atomic E-state index is 10.5. The lowest BCUT2D eigenvalue weighted by Crippen LogP contribution is -2.44. The second-order valence-corrected chi connectivity index (χ2v) is 6.38. The van der Waals surface area contributed by atoms with Gasteiger partial charge in [-0.05, 0) is 25.8 Å². The molecule has 1 N–H and O–H groups in total. The molecule has 1 saturated heterocycles. The first kappa shape index (κ1) is 17.0. The first-order valence-corrected chi connectivity index (χ1v) is 8.65. The normalized spacial score (nSPS) is 19.7. The summed E-state index contributed by atoms with van der Waals surface area (Å²) in [6.07, 6.45) is 13.8. The van der Waals surface area contributed by atoms with E-state index < -0.39 is 0 Å². The van der Waals surface area contributed by atoms with E-state index in [0.717, 1.165) is 38.9 Å². The molecule has 0 spiro atoms. The molecule has 1 rings (SSSR count). The van der Waals surface area contributed by atoms with Crippen molar-refractivity contribution in [1.29, 1.82) is 0 Å². The summed E-state index contributed by atoms with van der Waals surface area (Å²) in [5, 5.41) is 10.5. The summed E-state index contributed by atoms with van der Waals surface area (Å²) in [6.45, 7) is 7.79. The van der Waals surface area contributed by atoms with Gasteiger partial charge in [0.2, 0.25) is 0 Å².